The Balaban J connectivity index is 1.37. The van der Waals surface area contributed by atoms with Gasteiger partial charge in [-0.25, -0.2) is 0 Å². The summed E-state index contributed by atoms with van der Waals surface area (Å²) in [5, 5.41) is 2.46. The van der Waals surface area contributed by atoms with Crippen molar-refractivity contribution in [2.24, 2.45) is 0 Å². The fraction of sp³-hybridized carbons (Fsp3) is 0.0612. The second-order valence-electron chi connectivity index (χ2n) is 14.1. The van der Waals surface area contributed by atoms with Gasteiger partial charge in [0.25, 0.3) is 0 Å². The first-order valence-electron chi connectivity index (χ1n) is 17.8. The Hall–Kier alpha value is -6.38. The lowest BCUT2D eigenvalue weighted by atomic mass is 9.82. The first-order valence-corrected chi connectivity index (χ1v) is 17.8. The number of rotatable bonds is 5. The molecule has 51 heavy (non-hydrogen) atoms. The second kappa shape index (κ2) is 11.3. The number of fused-ring (bicyclic) bond motifs is 5. The van der Waals surface area contributed by atoms with E-state index in [1.54, 1.807) is 0 Å². The highest BCUT2D eigenvalue weighted by molar-refractivity contribution is 6.16. The van der Waals surface area contributed by atoms with E-state index in [0.717, 1.165) is 5.69 Å². The van der Waals surface area contributed by atoms with Crippen LogP contribution in [0.5, 0.6) is 0 Å². The lowest BCUT2D eigenvalue weighted by molar-refractivity contribution is 0.660. The highest BCUT2D eigenvalue weighted by atomic mass is 15.0. The van der Waals surface area contributed by atoms with Crippen LogP contribution >= 0.6 is 0 Å². The standard InChI is InChI=1S/C49H36N2/c1-49(2)41-27-15-12-24-37(41)38-31-30-36(32-42(38)49)51-44-29-17-14-26-40(44)46(48(51)34-20-8-4-9-21-34)45-39-25-13-16-28-43(39)50(35-22-10-5-11-23-35)47(45)33-18-6-3-7-19-33/h3-32H,1-2H3. The van der Waals surface area contributed by atoms with Crippen molar-refractivity contribution < 1.29 is 0 Å². The van der Waals surface area contributed by atoms with Gasteiger partial charge in [-0.15, -0.1) is 0 Å². The van der Waals surface area contributed by atoms with E-state index in [1.165, 1.54) is 83.4 Å². The Bertz CT molecular complexity index is 2750. The van der Waals surface area contributed by atoms with E-state index in [9.17, 15) is 0 Å². The van der Waals surface area contributed by atoms with Crippen molar-refractivity contribution in [3.05, 3.63) is 193 Å². The summed E-state index contributed by atoms with van der Waals surface area (Å²) in [5.74, 6) is 0. The molecule has 242 valence electrons. The molecule has 0 atom stereocenters. The molecule has 1 aliphatic rings. The van der Waals surface area contributed by atoms with Gasteiger partial charge < -0.3 is 9.13 Å². The minimum Gasteiger partial charge on any atom is -0.309 e. The van der Waals surface area contributed by atoms with Crippen molar-refractivity contribution in [3.63, 3.8) is 0 Å². The van der Waals surface area contributed by atoms with Crippen LogP contribution in [0.1, 0.15) is 25.0 Å². The molecule has 7 aromatic carbocycles. The lowest BCUT2D eigenvalue weighted by Crippen LogP contribution is -2.15. The van der Waals surface area contributed by atoms with Crippen LogP contribution < -0.4 is 0 Å². The number of hydrogen-bond donors (Lipinski definition) is 0. The molecule has 0 bridgehead atoms. The Morgan fingerprint density at radius 1 is 0.373 bits per heavy atom. The van der Waals surface area contributed by atoms with Crippen molar-refractivity contribution in [2.45, 2.75) is 19.3 Å². The third-order valence-electron chi connectivity index (χ3n) is 10.9. The fourth-order valence-electron chi connectivity index (χ4n) is 8.67. The van der Waals surface area contributed by atoms with E-state index in [-0.39, 0.29) is 5.41 Å². The van der Waals surface area contributed by atoms with Crippen molar-refractivity contribution in [1.29, 1.82) is 0 Å². The molecule has 0 radical (unpaired) electrons. The van der Waals surface area contributed by atoms with E-state index in [4.69, 9.17) is 0 Å². The van der Waals surface area contributed by atoms with Crippen molar-refractivity contribution in [3.8, 4) is 56.1 Å². The van der Waals surface area contributed by atoms with Crippen LogP contribution in [0.2, 0.25) is 0 Å². The molecule has 0 spiro atoms. The first-order chi connectivity index (χ1) is 25.1. The van der Waals surface area contributed by atoms with Crippen molar-refractivity contribution >= 4 is 21.8 Å². The molecule has 0 saturated heterocycles. The summed E-state index contributed by atoms with van der Waals surface area (Å²) in [6.45, 7) is 4.73. The van der Waals surface area contributed by atoms with Gasteiger partial charge in [0.05, 0.1) is 22.4 Å². The summed E-state index contributed by atoms with van der Waals surface area (Å²) in [4.78, 5) is 0. The first kappa shape index (κ1) is 29.5. The molecule has 10 rings (SSSR count). The van der Waals surface area contributed by atoms with Gasteiger partial charge in [-0.3, -0.25) is 0 Å². The van der Waals surface area contributed by atoms with E-state index in [0.29, 0.717) is 0 Å². The number of hydrogen-bond acceptors (Lipinski definition) is 0. The van der Waals surface area contributed by atoms with Gasteiger partial charge in [-0.1, -0.05) is 159 Å². The smallest absolute Gasteiger partial charge is 0.0620 e. The summed E-state index contributed by atoms with van der Waals surface area (Å²) in [7, 11) is 0. The second-order valence-corrected chi connectivity index (χ2v) is 14.1. The Morgan fingerprint density at radius 3 is 1.41 bits per heavy atom. The van der Waals surface area contributed by atoms with E-state index in [2.05, 4.69) is 205 Å². The molecule has 9 aromatic rings. The molecular formula is C49H36N2. The maximum absolute atomic E-state index is 2.52. The number of nitrogens with zero attached hydrogens (tertiary/aromatic N) is 2. The molecular weight excluding hydrogens is 617 g/mol. The number of aromatic nitrogens is 2. The summed E-state index contributed by atoms with van der Waals surface area (Å²) < 4.78 is 4.97. The molecule has 2 heterocycles. The molecule has 0 aliphatic heterocycles. The van der Waals surface area contributed by atoms with Gasteiger partial charge in [0.1, 0.15) is 0 Å². The Labute approximate surface area is 298 Å². The average molecular weight is 653 g/mol. The summed E-state index contributed by atoms with van der Waals surface area (Å²) >= 11 is 0. The predicted octanol–water partition coefficient (Wildman–Crippen LogP) is 12.9. The summed E-state index contributed by atoms with van der Waals surface area (Å²) in [5.41, 5.74) is 17.2. The van der Waals surface area contributed by atoms with Gasteiger partial charge in [-0.05, 0) is 69.8 Å². The summed E-state index contributed by atoms with van der Waals surface area (Å²) in [6.07, 6.45) is 0. The normalized spacial score (nSPS) is 13.1. The van der Waals surface area contributed by atoms with Crippen molar-refractivity contribution in [1.82, 2.24) is 9.13 Å². The highest BCUT2D eigenvalue weighted by Crippen LogP contribution is 2.52. The lowest BCUT2D eigenvalue weighted by Gasteiger charge is -2.22. The van der Waals surface area contributed by atoms with Gasteiger partial charge in [0, 0.05) is 38.7 Å². The van der Waals surface area contributed by atoms with Crippen molar-refractivity contribution in [2.75, 3.05) is 0 Å². The maximum atomic E-state index is 2.52. The van der Waals surface area contributed by atoms with Crippen LogP contribution in [0.15, 0.2) is 182 Å². The van der Waals surface area contributed by atoms with E-state index < -0.39 is 0 Å². The Kier molecular flexibility index (Phi) is 6.56. The molecule has 1 aliphatic carbocycles. The minimum atomic E-state index is -0.107. The zero-order chi connectivity index (χ0) is 34.1. The van der Waals surface area contributed by atoms with Crippen LogP contribution in [-0.2, 0) is 5.41 Å². The molecule has 0 saturated carbocycles. The molecule has 0 N–H and O–H groups in total. The van der Waals surface area contributed by atoms with Crippen LogP contribution in [0.4, 0.5) is 0 Å². The zero-order valence-electron chi connectivity index (χ0n) is 28.7. The quantitative estimate of drug-likeness (QED) is 0.175. The van der Waals surface area contributed by atoms with Gasteiger partial charge >= 0.3 is 0 Å². The molecule has 0 amide bonds. The number of para-hydroxylation sites is 3. The largest absolute Gasteiger partial charge is 0.309 e. The molecule has 2 nitrogen and oxygen atoms in total. The minimum absolute atomic E-state index is 0.107. The van der Waals surface area contributed by atoms with Crippen LogP contribution in [-0.4, -0.2) is 9.13 Å². The Morgan fingerprint density at radius 2 is 0.824 bits per heavy atom. The van der Waals surface area contributed by atoms with E-state index >= 15 is 0 Å². The van der Waals surface area contributed by atoms with Gasteiger partial charge in [-0.2, -0.15) is 0 Å². The van der Waals surface area contributed by atoms with Crippen LogP contribution in [0.3, 0.4) is 0 Å². The molecule has 2 heteroatoms. The summed E-state index contributed by atoms with van der Waals surface area (Å²) in [6, 6.07) is 66.5. The van der Waals surface area contributed by atoms with Crippen LogP contribution in [0.25, 0.3) is 77.9 Å². The molecule has 0 fully saturated rings. The third-order valence-corrected chi connectivity index (χ3v) is 10.9. The predicted molar refractivity (Wildman–Crippen MR) is 214 cm³/mol. The highest BCUT2D eigenvalue weighted by Gasteiger charge is 2.36. The SMILES string of the molecule is CC1(C)c2ccccc2-c2ccc(-n3c(-c4ccccc4)c(-c4c(-c5ccccc5)n(-c5ccccc5)c5ccccc45)c4ccccc43)cc21. The fourth-order valence-corrected chi connectivity index (χ4v) is 8.67. The van der Waals surface area contributed by atoms with Gasteiger partial charge in [0.2, 0.25) is 0 Å². The van der Waals surface area contributed by atoms with Gasteiger partial charge in [0.15, 0.2) is 0 Å². The van der Waals surface area contributed by atoms with E-state index in [1.807, 2.05) is 0 Å². The number of benzene rings is 7. The van der Waals surface area contributed by atoms with Crippen LogP contribution in [0, 0.1) is 0 Å². The topological polar surface area (TPSA) is 9.86 Å². The maximum Gasteiger partial charge on any atom is 0.0620 e. The average Bonchev–Trinajstić information content (AvgIpc) is 3.79. The molecule has 2 aromatic heterocycles. The zero-order valence-corrected chi connectivity index (χ0v) is 28.7. The third kappa shape index (κ3) is 4.36. The monoisotopic (exact) mass is 652 g/mol. The molecule has 0 unspecified atom stereocenters.